The van der Waals surface area contributed by atoms with Gasteiger partial charge in [-0.25, -0.2) is 4.98 Å². The molecule has 16 heavy (non-hydrogen) atoms. The molecule has 0 saturated heterocycles. The van der Waals surface area contributed by atoms with Gasteiger partial charge in [-0.1, -0.05) is 36.8 Å². The number of aliphatic hydroxyl groups is 1. The number of aliphatic hydroxyl groups excluding tert-OH is 1. The molecule has 1 aromatic heterocycles. The molecule has 0 saturated carbocycles. The summed E-state index contributed by atoms with van der Waals surface area (Å²) in [6, 6.07) is 2.12. The molecule has 1 atom stereocenters. The molecule has 0 aliphatic carbocycles. The van der Waals surface area contributed by atoms with E-state index in [1.807, 2.05) is 6.07 Å². The van der Waals surface area contributed by atoms with E-state index >= 15 is 0 Å². The second kappa shape index (κ2) is 6.04. The van der Waals surface area contributed by atoms with Crippen molar-refractivity contribution in [3.05, 3.63) is 10.0 Å². The molecule has 1 aromatic rings. The van der Waals surface area contributed by atoms with Crippen LogP contribution < -0.4 is 5.32 Å². The zero-order chi connectivity index (χ0) is 12.1. The SMILES string of the molecule is CC(C)C(CCO)Nc1nc(Cl)c(C#N)s1. The fourth-order valence-corrected chi connectivity index (χ4v) is 2.31. The molecule has 0 aliphatic heterocycles. The Kier molecular flexibility index (Phi) is 5.00. The van der Waals surface area contributed by atoms with Crippen molar-refractivity contribution in [1.29, 1.82) is 5.26 Å². The standard InChI is InChI=1S/C10H14ClN3OS/c1-6(2)7(3-4-15)13-10-14-9(11)8(5-12)16-10/h6-7,15H,3-4H2,1-2H3,(H,13,14). The second-order valence-electron chi connectivity index (χ2n) is 3.76. The molecule has 0 bridgehead atoms. The molecule has 1 unspecified atom stereocenters. The highest BCUT2D eigenvalue weighted by Gasteiger charge is 2.16. The highest BCUT2D eigenvalue weighted by Crippen LogP contribution is 2.27. The number of nitrogens with zero attached hydrogens (tertiary/aromatic N) is 2. The van der Waals surface area contributed by atoms with Crippen LogP contribution in [0.25, 0.3) is 0 Å². The lowest BCUT2D eigenvalue weighted by Crippen LogP contribution is -2.26. The Morgan fingerprint density at radius 1 is 1.62 bits per heavy atom. The molecule has 6 heteroatoms. The number of hydrogen-bond acceptors (Lipinski definition) is 5. The lowest BCUT2D eigenvalue weighted by molar-refractivity contribution is 0.267. The van der Waals surface area contributed by atoms with Crippen molar-refractivity contribution in [3.63, 3.8) is 0 Å². The van der Waals surface area contributed by atoms with Crippen LogP contribution in [0, 0.1) is 17.2 Å². The van der Waals surface area contributed by atoms with Gasteiger partial charge in [0.15, 0.2) is 10.3 Å². The maximum absolute atomic E-state index is 8.93. The van der Waals surface area contributed by atoms with Crippen molar-refractivity contribution in [2.24, 2.45) is 5.92 Å². The largest absolute Gasteiger partial charge is 0.396 e. The molecular weight excluding hydrogens is 246 g/mol. The Bertz CT molecular complexity index is 386. The maximum Gasteiger partial charge on any atom is 0.185 e. The lowest BCUT2D eigenvalue weighted by Gasteiger charge is -2.20. The van der Waals surface area contributed by atoms with Crippen LogP contribution >= 0.6 is 22.9 Å². The Hall–Kier alpha value is -0.830. The molecule has 1 rings (SSSR count). The molecule has 88 valence electrons. The summed E-state index contributed by atoms with van der Waals surface area (Å²) in [5.74, 6) is 0.375. The predicted octanol–water partition coefficient (Wildman–Crippen LogP) is 2.49. The number of halogens is 1. The van der Waals surface area contributed by atoms with Gasteiger partial charge < -0.3 is 10.4 Å². The molecular formula is C10H14ClN3OS. The zero-order valence-electron chi connectivity index (χ0n) is 9.20. The van der Waals surface area contributed by atoms with E-state index in [0.29, 0.717) is 22.3 Å². The van der Waals surface area contributed by atoms with E-state index in [1.54, 1.807) is 0 Å². The molecule has 0 spiro atoms. The number of hydrogen-bond donors (Lipinski definition) is 2. The van der Waals surface area contributed by atoms with Gasteiger partial charge in [-0.05, 0) is 12.3 Å². The van der Waals surface area contributed by atoms with Crippen LogP contribution in [0.5, 0.6) is 0 Å². The van der Waals surface area contributed by atoms with E-state index in [0.717, 1.165) is 0 Å². The van der Waals surface area contributed by atoms with E-state index in [1.165, 1.54) is 11.3 Å². The van der Waals surface area contributed by atoms with Crippen molar-refractivity contribution >= 4 is 28.1 Å². The van der Waals surface area contributed by atoms with Crippen LogP contribution in [0.2, 0.25) is 5.15 Å². The zero-order valence-corrected chi connectivity index (χ0v) is 10.8. The normalized spacial score (nSPS) is 12.5. The Balaban J connectivity index is 2.74. The summed E-state index contributed by atoms with van der Waals surface area (Å²) in [6.07, 6.45) is 0.650. The van der Waals surface area contributed by atoms with Crippen LogP contribution in [0.4, 0.5) is 5.13 Å². The molecule has 4 nitrogen and oxygen atoms in total. The molecule has 0 amide bonds. The summed E-state index contributed by atoms with van der Waals surface area (Å²) in [4.78, 5) is 4.47. The summed E-state index contributed by atoms with van der Waals surface area (Å²) in [6.45, 7) is 4.25. The Morgan fingerprint density at radius 2 is 2.31 bits per heavy atom. The van der Waals surface area contributed by atoms with Crippen LogP contribution in [-0.2, 0) is 0 Å². The van der Waals surface area contributed by atoms with E-state index < -0.39 is 0 Å². The van der Waals surface area contributed by atoms with Gasteiger partial charge in [-0.15, -0.1) is 0 Å². The van der Waals surface area contributed by atoms with Crippen molar-refractivity contribution in [1.82, 2.24) is 4.98 Å². The third-order valence-electron chi connectivity index (χ3n) is 2.24. The molecule has 1 heterocycles. The minimum atomic E-state index is 0.125. The van der Waals surface area contributed by atoms with Gasteiger partial charge >= 0.3 is 0 Å². The summed E-state index contributed by atoms with van der Waals surface area (Å²) in [5.41, 5.74) is 0. The molecule has 0 fully saturated rings. The summed E-state index contributed by atoms with van der Waals surface area (Å²) in [7, 11) is 0. The van der Waals surface area contributed by atoms with Gasteiger partial charge in [-0.3, -0.25) is 0 Å². The van der Waals surface area contributed by atoms with E-state index in [4.69, 9.17) is 22.0 Å². The minimum absolute atomic E-state index is 0.125. The molecule has 0 aromatic carbocycles. The van der Waals surface area contributed by atoms with Crippen molar-refractivity contribution in [2.75, 3.05) is 11.9 Å². The lowest BCUT2D eigenvalue weighted by atomic mass is 10.0. The smallest absolute Gasteiger partial charge is 0.185 e. The second-order valence-corrected chi connectivity index (χ2v) is 5.11. The van der Waals surface area contributed by atoms with Gasteiger partial charge in [0.05, 0.1) is 0 Å². The first-order chi connectivity index (χ1) is 7.58. The average Bonchev–Trinajstić information content (AvgIpc) is 2.58. The van der Waals surface area contributed by atoms with Crippen LogP contribution in [0.15, 0.2) is 0 Å². The number of anilines is 1. The van der Waals surface area contributed by atoms with Gasteiger partial charge in [-0.2, -0.15) is 5.26 Å². The first-order valence-corrected chi connectivity index (χ1v) is 6.21. The van der Waals surface area contributed by atoms with Crippen molar-refractivity contribution < 1.29 is 5.11 Å². The number of nitrogens with one attached hydrogen (secondary N) is 1. The summed E-state index contributed by atoms with van der Waals surface area (Å²) in [5, 5.41) is 21.7. The van der Waals surface area contributed by atoms with Crippen LogP contribution in [-0.4, -0.2) is 22.7 Å². The van der Waals surface area contributed by atoms with Gasteiger partial charge in [0.25, 0.3) is 0 Å². The van der Waals surface area contributed by atoms with Crippen molar-refractivity contribution in [3.8, 4) is 6.07 Å². The predicted molar refractivity (Wildman–Crippen MR) is 65.8 cm³/mol. The molecule has 0 radical (unpaired) electrons. The van der Waals surface area contributed by atoms with Gasteiger partial charge in [0, 0.05) is 12.6 Å². The summed E-state index contributed by atoms with van der Waals surface area (Å²) >= 11 is 7.01. The number of nitriles is 1. The van der Waals surface area contributed by atoms with E-state index in [-0.39, 0.29) is 17.8 Å². The van der Waals surface area contributed by atoms with Gasteiger partial charge in [0.2, 0.25) is 0 Å². The monoisotopic (exact) mass is 259 g/mol. The van der Waals surface area contributed by atoms with E-state index in [9.17, 15) is 0 Å². The van der Waals surface area contributed by atoms with Crippen LogP contribution in [0.1, 0.15) is 25.1 Å². The highest BCUT2D eigenvalue weighted by molar-refractivity contribution is 7.16. The Labute approximate surface area is 104 Å². The third kappa shape index (κ3) is 3.34. The first-order valence-electron chi connectivity index (χ1n) is 5.02. The Morgan fingerprint density at radius 3 is 2.75 bits per heavy atom. The maximum atomic E-state index is 8.93. The van der Waals surface area contributed by atoms with E-state index in [2.05, 4.69) is 24.1 Å². The fourth-order valence-electron chi connectivity index (χ4n) is 1.30. The average molecular weight is 260 g/mol. The molecule has 0 aliphatic rings. The molecule has 2 N–H and O–H groups in total. The van der Waals surface area contributed by atoms with Crippen LogP contribution in [0.3, 0.4) is 0 Å². The van der Waals surface area contributed by atoms with Gasteiger partial charge in [0.1, 0.15) is 10.9 Å². The highest BCUT2D eigenvalue weighted by atomic mass is 35.5. The van der Waals surface area contributed by atoms with Crippen molar-refractivity contribution in [2.45, 2.75) is 26.3 Å². The third-order valence-corrected chi connectivity index (χ3v) is 3.52. The first kappa shape index (κ1) is 13.2. The fraction of sp³-hybridized carbons (Fsp3) is 0.600. The minimum Gasteiger partial charge on any atom is -0.396 e. The summed E-state index contributed by atoms with van der Waals surface area (Å²) < 4.78 is 0. The number of rotatable bonds is 5. The topological polar surface area (TPSA) is 68.9 Å². The number of thiazole rings is 1. The number of aromatic nitrogens is 1. The quantitative estimate of drug-likeness (QED) is 0.852.